The Kier molecular flexibility index (Phi) is 15.3. The van der Waals surface area contributed by atoms with Crippen LogP contribution in [-0.4, -0.2) is 0 Å². The van der Waals surface area contributed by atoms with Crippen molar-refractivity contribution in [2.75, 3.05) is 0 Å². The molecule has 12 rings (SSSR count). The van der Waals surface area contributed by atoms with Crippen LogP contribution in [0.4, 0.5) is 79.0 Å². The van der Waals surface area contributed by atoms with Crippen molar-refractivity contribution in [1.29, 1.82) is 0 Å². The topological polar surface area (TPSA) is 0 Å². The van der Waals surface area contributed by atoms with Crippen LogP contribution < -0.4 is 0 Å². The Bertz CT molecular complexity index is 3940. The molecular formula is C60H24Cl6F18. The maximum absolute atomic E-state index is 13.0. The molecule has 0 atom stereocenters. The number of alkyl halides is 18. The summed E-state index contributed by atoms with van der Waals surface area (Å²) in [6, 6.07) is 28.9. The molecule has 0 aliphatic heterocycles. The Hall–Kier alpha value is -6.54. The van der Waals surface area contributed by atoms with Crippen molar-refractivity contribution < 1.29 is 79.0 Å². The van der Waals surface area contributed by atoms with Gasteiger partial charge in [0.05, 0.1) is 33.4 Å². The quantitative estimate of drug-likeness (QED) is 0.105. The van der Waals surface area contributed by atoms with Gasteiger partial charge in [-0.3, -0.25) is 0 Å². The van der Waals surface area contributed by atoms with Crippen LogP contribution in [0.2, 0.25) is 30.1 Å². The number of hydrogen-bond donors (Lipinski definition) is 0. The minimum absolute atomic E-state index is 0.0993. The van der Waals surface area contributed by atoms with E-state index in [0.29, 0.717) is 64.6 Å². The predicted molar refractivity (Wildman–Crippen MR) is 297 cm³/mol. The molecule has 0 heterocycles. The van der Waals surface area contributed by atoms with Gasteiger partial charge >= 0.3 is 37.1 Å². The molecule has 0 N–H and O–H groups in total. The Morgan fingerprint density at radius 3 is 0.405 bits per heavy atom. The van der Waals surface area contributed by atoms with Crippen molar-refractivity contribution >= 4 is 167 Å². The lowest BCUT2D eigenvalue weighted by Gasteiger charge is -2.14. The van der Waals surface area contributed by atoms with Crippen molar-refractivity contribution in [3.05, 3.63) is 209 Å². The average Bonchev–Trinajstić information content (AvgIpc) is 1.08. The standard InChI is InChI=1S/3C20H8Cl2F6/c3*21-15-7-11(19(23,24)25)5-9-1-3-13-14(17(9)15)4-2-10-6-12(20(26,27)28)8-16(22)18(10)13/h3*1-8H. The summed E-state index contributed by atoms with van der Waals surface area (Å²) >= 11 is 36.8. The molecule has 0 bridgehead atoms. The lowest BCUT2D eigenvalue weighted by atomic mass is 9.95. The summed E-state index contributed by atoms with van der Waals surface area (Å²) in [6.45, 7) is 0. The highest BCUT2D eigenvalue weighted by Gasteiger charge is 2.36. The van der Waals surface area contributed by atoms with Crippen LogP contribution >= 0.6 is 69.6 Å². The van der Waals surface area contributed by atoms with E-state index in [1.165, 1.54) is 72.8 Å². The van der Waals surface area contributed by atoms with Gasteiger partial charge in [0.1, 0.15) is 0 Å². The first-order valence-electron chi connectivity index (χ1n) is 23.7. The number of hydrogen-bond acceptors (Lipinski definition) is 0. The lowest BCUT2D eigenvalue weighted by molar-refractivity contribution is -0.138. The van der Waals surface area contributed by atoms with E-state index in [2.05, 4.69) is 0 Å². The van der Waals surface area contributed by atoms with Crippen LogP contribution in [0.25, 0.3) is 97.0 Å². The third-order valence-electron chi connectivity index (χ3n) is 13.8. The number of fused-ring (bicyclic) bond motifs is 15. The molecule has 0 saturated carbocycles. The average molecular weight is 1300 g/mol. The summed E-state index contributed by atoms with van der Waals surface area (Å²) in [6.07, 6.45) is -27.3. The second-order valence-electron chi connectivity index (χ2n) is 19.0. The molecule has 0 aromatic heterocycles. The van der Waals surface area contributed by atoms with Gasteiger partial charge in [0.15, 0.2) is 0 Å². The lowest BCUT2D eigenvalue weighted by Crippen LogP contribution is -2.05. The van der Waals surface area contributed by atoms with E-state index in [0.717, 1.165) is 72.8 Å². The van der Waals surface area contributed by atoms with Gasteiger partial charge in [-0.05, 0) is 137 Å². The molecule has 84 heavy (non-hydrogen) atoms. The first-order chi connectivity index (χ1) is 38.9. The molecule has 0 saturated heterocycles. The van der Waals surface area contributed by atoms with Gasteiger partial charge in [-0.15, -0.1) is 0 Å². The Balaban J connectivity index is 0.000000140. The first-order valence-corrected chi connectivity index (χ1v) is 25.9. The normalized spacial score (nSPS) is 13.0. The number of rotatable bonds is 0. The highest BCUT2D eigenvalue weighted by molar-refractivity contribution is 6.43. The zero-order chi connectivity index (χ0) is 61.3. The van der Waals surface area contributed by atoms with E-state index >= 15 is 0 Å². The van der Waals surface area contributed by atoms with Gasteiger partial charge in [0.25, 0.3) is 0 Å². The molecule has 432 valence electrons. The zero-order valence-electron chi connectivity index (χ0n) is 40.9. The van der Waals surface area contributed by atoms with E-state index in [1.54, 1.807) is 0 Å². The molecule has 0 unspecified atom stereocenters. The molecule has 0 nitrogen and oxygen atoms in total. The fourth-order valence-electron chi connectivity index (χ4n) is 10.1. The zero-order valence-corrected chi connectivity index (χ0v) is 45.5. The van der Waals surface area contributed by atoms with Crippen LogP contribution in [-0.2, 0) is 37.1 Å². The van der Waals surface area contributed by atoms with Crippen molar-refractivity contribution in [3.8, 4) is 0 Å². The molecule has 12 aromatic rings. The van der Waals surface area contributed by atoms with E-state index in [1.807, 2.05) is 0 Å². The molecule has 0 aliphatic carbocycles. The SMILES string of the molecule is FC(F)(F)c1cc(Cl)c2c(ccc3c2ccc2cc(C(F)(F)F)cc(Cl)c23)c1.FC(F)(F)c1cc(Cl)c2c(ccc3c2ccc2cc(C(F)(F)F)cc(Cl)c23)c1.FC(F)(F)c1cc(Cl)c2c(ccc3c2ccc2cc(C(F)(F)F)cc(Cl)c23)c1. The van der Waals surface area contributed by atoms with Gasteiger partial charge in [0, 0.05) is 62.5 Å². The Morgan fingerprint density at radius 1 is 0.179 bits per heavy atom. The van der Waals surface area contributed by atoms with Gasteiger partial charge in [0.2, 0.25) is 0 Å². The number of halogens is 24. The number of benzene rings is 12. The molecule has 12 aromatic carbocycles. The van der Waals surface area contributed by atoms with Gasteiger partial charge in [-0.1, -0.05) is 142 Å². The molecule has 0 fully saturated rings. The molecule has 24 heteroatoms. The highest BCUT2D eigenvalue weighted by Crippen LogP contribution is 2.47. The summed E-state index contributed by atoms with van der Waals surface area (Å²) < 4.78 is 235. The van der Waals surface area contributed by atoms with E-state index in [9.17, 15) is 79.0 Å². The van der Waals surface area contributed by atoms with Crippen molar-refractivity contribution in [2.45, 2.75) is 37.1 Å². The minimum atomic E-state index is -4.55. The molecule has 0 aliphatic rings. The Labute approximate surface area is 489 Å². The van der Waals surface area contributed by atoms with Crippen molar-refractivity contribution in [1.82, 2.24) is 0 Å². The first kappa shape index (κ1) is 60.6. The fourth-order valence-corrected chi connectivity index (χ4v) is 12.1. The van der Waals surface area contributed by atoms with Gasteiger partial charge in [-0.2, -0.15) is 79.0 Å². The summed E-state index contributed by atoms with van der Waals surface area (Å²) in [5.74, 6) is 0. The van der Waals surface area contributed by atoms with Crippen molar-refractivity contribution in [2.24, 2.45) is 0 Å². The van der Waals surface area contributed by atoms with Crippen LogP contribution in [0.15, 0.2) is 146 Å². The molecule has 0 spiro atoms. The largest absolute Gasteiger partial charge is 0.416 e. The van der Waals surface area contributed by atoms with Crippen LogP contribution in [0.5, 0.6) is 0 Å². The predicted octanol–water partition coefficient (Wildman–Crippen LogP) is 25.5. The van der Waals surface area contributed by atoms with E-state index in [4.69, 9.17) is 69.6 Å². The smallest absolute Gasteiger partial charge is 0.166 e. The van der Waals surface area contributed by atoms with Crippen LogP contribution in [0.1, 0.15) is 33.4 Å². The summed E-state index contributed by atoms with van der Waals surface area (Å²) in [4.78, 5) is 0. The van der Waals surface area contributed by atoms with E-state index < -0.39 is 70.4 Å². The second-order valence-corrected chi connectivity index (χ2v) is 21.4. The maximum Gasteiger partial charge on any atom is 0.416 e. The highest BCUT2D eigenvalue weighted by atomic mass is 35.5. The van der Waals surface area contributed by atoms with Crippen LogP contribution in [0, 0.1) is 0 Å². The minimum Gasteiger partial charge on any atom is -0.166 e. The summed E-state index contributed by atoms with van der Waals surface area (Å²) in [5.41, 5.74) is -5.26. The molecular weight excluding hydrogens is 1280 g/mol. The molecule has 0 amide bonds. The third-order valence-corrected chi connectivity index (χ3v) is 15.5. The molecule has 0 radical (unpaired) electrons. The monoisotopic (exact) mass is 1300 g/mol. The summed E-state index contributed by atoms with van der Waals surface area (Å²) in [5, 5.41) is 6.35. The summed E-state index contributed by atoms with van der Waals surface area (Å²) in [7, 11) is 0. The fraction of sp³-hybridized carbons (Fsp3) is 0.100. The van der Waals surface area contributed by atoms with Crippen molar-refractivity contribution in [3.63, 3.8) is 0 Å². The Morgan fingerprint density at radius 2 is 0.298 bits per heavy atom. The van der Waals surface area contributed by atoms with Gasteiger partial charge < -0.3 is 0 Å². The third kappa shape index (κ3) is 11.4. The van der Waals surface area contributed by atoms with Gasteiger partial charge in [-0.25, -0.2) is 0 Å². The van der Waals surface area contributed by atoms with E-state index in [-0.39, 0.29) is 62.5 Å². The van der Waals surface area contributed by atoms with Crippen LogP contribution in [0.3, 0.4) is 0 Å². The second kappa shape index (κ2) is 21.2. The maximum atomic E-state index is 13.0.